The number of rotatable bonds is 8. The topological polar surface area (TPSA) is 58.4 Å². The first kappa shape index (κ1) is 19.2. The Hall–Kier alpha value is -2.14. The Morgan fingerprint density at radius 1 is 1.24 bits per heavy atom. The average molecular weight is 343 g/mol. The minimum absolute atomic E-state index is 0.124. The zero-order chi connectivity index (χ0) is 18.4. The minimum Gasteiger partial charge on any atom is -0.360 e. The maximum atomic E-state index is 12.6. The molecule has 0 unspecified atom stereocenters. The zero-order valence-electron chi connectivity index (χ0n) is 15.9. The minimum atomic E-state index is -0.128. The fourth-order valence-electron chi connectivity index (χ4n) is 2.87. The van der Waals surface area contributed by atoms with Crippen molar-refractivity contribution in [3.05, 3.63) is 52.4 Å². The first-order valence-electron chi connectivity index (χ1n) is 9.00. The molecule has 0 aliphatic carbocycles. The molecule has 0 radical (unpaired) electrons. The van der Waals surface area contributed by atoms with Gasteiger partial charge in [0, 0.05) is 19.0 Å². The number of carbonyl (C=O) groups excluding carboxylic acids is 1. The quantitative estimate of drug-likeness (QED) is 0.790. The van der Waals surface area contributed by atoms with Gasteiger partial charge >= 0.3 is 0 Å². The Balaban J connectivity index is 2.04. The molecule has 2 rings (SSSR count). The van der Waals surface area contributed by atoms with E-state index in [1.165, 1.54) is 5.56 Å². The largest absolute Gasteiger partial charge is 0.360 e. The molecular weight excluding hydrogens is 314 g/mol. The van der Waals surface area contributed by atoms with Crippen molar-refractivity contribution in [2.24, 2.45) is 0 Å². The molecule has 0 saturated carbocycles. The molecule has 0 aliphatic heterocycles. The van der Waals surface area contributed by atoms with Crippen LogP contribution in [0.3, 0.4) is 0 Å². The molecule has 1 amide bonds. The van der Waals surface area contributed by atoms with Gasteiger partial charge < -0.3 is 9.84 Å². The van der Waals surface area contributed by atoms with Gasteiger partial charge in [0.25, 0.3) is 5.91 Å². The predicted octanol–water partition coefficient (Wildman–Crippen LogP) is 3.88. The third-order valence-corrected chi connectivity index (χ3v) is 4.39. The van der Waals surface area contributed by atoms with Gasteiger partial charge in [-0.25, -0.2) is 0 Å². The molecule has 136 valence electrons. The van der Waals surface area contributed by atoms with Crippen LogP contribution in [0.4, 0.5) is 0 Å². The Morgan fingerprint density at radius 3 is 2.56 bits per heavy atom. The second kappa shape index (κ2) is 8.81. The molecule has 5 nitrogen and oxygen atoms in total. The van der Waals surface area contributed by atoms with Crippen molar-refractivity contribution in [1.82, 2.24) is 15.4 Å². The molecule has 0 saturated heterocycles. The van der Waals surface area contributed by atoms with Crippen LogP contribution < -0.4 is 5.32 Å². The van der Waals surface area contributed by atoms with Crippen molar-refractivity contribution in [1.29, 1.82) is 0 Å². The van der Waals surface area contributed by atoms with E-state index in [0.29, 0.717) is 23.6 Å². The molecule has 0 aliphatic rings. The van der Waals surface area contributed by atoms with E-state index in [2.05, 4.69) is 41.4 Å². The highest BCUT2D eigenvalue weighted by molar-refractivity contribution is 5.96. The van der Waals surface area contributed by atoms with Crippen LogP contribution in [-0.4, -0.2) is 29.1 Å². The third kappa shape index (κ3) is 4.92. The summed E-state index contributed by atoms with van der Waals surface area (Å²) in [5.74, 6) is 0.640. The summed E-state index contributed by atoms with van der Waals surface area (Å²) in [7, 11) is 0. The Labute approximate surface area is 150 Å². The summed E-state index contributed by atoms with van der Waals surface area (Å²) < 4.78 is 5.30. The fourth-order valence-corrected chi connectivity index (χ4v) is 2.87. The van der Waals surface area contributed by atoms with Crippen molar-refractivity contribution >= 4 is 5.91 Å². The molecule has 0 fully saturated rings. The zero-order valence-corrected chi connectivity index (χ0v) is 15.9. The number of nitrogens with one attached hydrogen (secondary N) is 1. The maximum absolute atomic E-state index is 12.6. The van der Waals surface area contributed by atoms with Gasteiger partial charge in [-0.05, 0) is 31.1 Å². The molecule has 1 N–H and O–H groups in total. The molecule has 1 aromatic carbocycles. The lowest BCUT2D eigenvalue weighted by atomic mass is 10.0. The number of hydrogen-bond acceptors (Lipinski definition) is 4. The Kier molecular flexibility index (Phi) is 6.76. The fraction of sp³-hybridized carbons (Fsp3) is 0.500. The van der Waals surface area contributed by atoms with Crippen molar-refractivity contribution in [3.8, 4) is 0 Å². The number of amides is 1. The summed E-state index contributed by atoms with van der Waals surface area (Å²) in [6.07, 6.45) is 0. The summed E-state index contributed by atoms with van der Waals surface area (Å²) in [4.78, 5) is 14.9. The number of carbonyl (C=O) groups is 1. The van der Waals surface area contributed by atoms with Crippen LogP contribution in [0.25, 0.3) is 0 Å². The molecule has 0 bridgehead atoms. The van der Waals surface area contributed by atoms with Crippen LogP contribution in [0.15, 0.2) is 28.8 Å². The van der Waals surface area contributed by atoms with Crippen molar-refractivity contribution in [2.75, 3.05) is 13.1 Å². The molecule has 2 aromatic rings. The van der Waals surface area contributed by atoms with E-state index in [4.69, 9.17) is 4.52 Å². The summed E-state index contributed by atoms with van der Waals surface area (Å²) >= 11 is 0. The van der Waals surface area contributed by atoms with Crippen molar-refractivity contribution in [3.63, 3.8) is 0 Å². The number of benzene rings is 1. The van der Waals surface area contributed by atoms with Gasteiger partial charge in [-0.15, -0.1) is 0 Å². The Bertz CT molecular complexity index is 703. The van der Waals surface area contributed by atoms with Gasteiger partial charge in [-0.2, -0.15) is 0 Å². The molecule has 1 heterocycles. The summed E-state index contributed by atoms with van der Waals surface area (Å²) in [6, 6.07) is 8.37. The van der Waals surface area contributed by atoms with E-state index in [1.807, 2.05) is 26.0 Å². The first-order chi connectivity index (χ1) is 12.0. The maximum Gasteiger partial charge on any atom is 0.257 e. The molecular formula is C20H29N3O2. The first-order valence-corrected chi connectivity index (χ1v) is 9.00. The summed E-state index contributed by atoms with van der Waals surface area (Å²) in [5.41, 5.74) is 3.56. The van der Waals surface area contributed by atoms with Gasteiger partial charge in [0.05, 0.1) is 5.69 Å². The molecule has 5 heteroatoms. The van der Waals surface area contributed by atoms with Crippen LogP contribution in [0.5, 0.6) is 0 Å². The highest BCUT2D eigenvalue weighted by atomic mass is 16.5. The van der Waals surface area contributed by atoms with E-state index in [-0.39, 0.29) is 11.8 Å². The van der Waals surface area contributed by atoms with Crippen LogP contribution in [0.1, 0.15) is 66.6 Å². The normalized spacial score (nSPS) is 11.3. The second-order valence-corrected chi connectivity index (χ2v) is 6.63. The third-order valence-electron chi connectivity index (χ3n) is 4.39. The van der Waals surface area contributed by atoms with Gasteiger partial charge in [-0.1, -0.05) is 57.1 Å². The molecule has 25 heavy (non-hydrogen) atoms. The molecule has 0 atom stereocenters. The van der Waals surface area contributed by atoms with E-state index >= 15 is 0 Å². The monoisotopic (exact) mass is 343 g/mol. The number of aryl methyl sites for hydroxylation is 1. The van der Waals surface area contributed by atoms with Gasteiger partial charge in [0.2, 0.25) is 0 Å². The lowest BCUT2D eigenvalue weighted by Gasteiger charge is -2.18. The predicted molar refractivity (Wildman–Crippen MR) is 99.6 cm³/mol. The second-order valence-electron chi connectivity index (χ2n) is 6.63. The molecule has 0 spiro atoms. The van der Waals surface area contributed by atoms with E-state index in [0.717, 1.165) is 25.2 Å². The average Bonchev–Trinajstić information content (AvgIpc) is 3.00. The SMILES string of the molecule is CCN(CC)Cc1cccc(CNC(=O)c2c(C)noc2C(C)C)c1. The van der Waals surface area contributed by atoms with E-state index in [1.54, 1.807) is 6.92 Å². The van der Waals surface area contributed by atoms with E-state index < -0.39 is 0 Å². The summed E-state index contributed by atoms with van der Waals surface area (Å²) in [6.45, 7) is 13.6. The number of hydrogen-bond donors (Lipinski definition) is 1. The lowest BCUT2D eigenvalue weighted by Crippen LogP contribution is -2.25. The van der Waals surface area contributed by atoms with Crippen LogP contribution in [0.2, 0.25) is 0 Å². The molecule has 1 aromatic heterocycles. The standard InChI is InChI=1S/C20H29N3O2/c1-6-23(7-2)13-17-10-8-9-16(11-17)12-21-20(24)18-15(5)22-25-19(18)14(3)4/h8-11,14H,6-7,12-13H2,1-5H3,(H,21,24). The highest BCUT2D eigenvalue weighted by Crippen LogP contribution is 2.22. The van der Waals surface area contributed by atoms with Crippen LogP contribution >= 0.6 is 0 Å². The van der Waals surface area contributed by atoms with Gasteiger partial charge in [0.1, 0.15) is 5.56 Å². The van der Waals surface area contributed by atoms with Crippen molar-refractivity contribution < 1.29 is 9.32 Å². The highest BCUT2D eigenvalue weighted by Gasteiger charge is 2.22. The lowest BCUT2D eigenvalue weighted by molar-refractivity contribution is 0.0948. The Morgan fingerprint density at radius 2 is 1.92 bits per heavy atom. The summed E-state index contributed by atoms with van der Waals surface area (Å²) in [5, 5.41) is 6.93. The number of aromatic nitrogens is 1. The van der Waals surface area contributed by atoms with Crippen molar-refractivity contribution in [2.45, 2.75) is 53.6 Å². The van der Waals surface area contributed by atoms with Crippen LogP contribution in [-0.2, 0) is 13.1 Å². The number of nitrogens with zero attached hydrogens (tertiary/aromatic N) is 2. The van der Waals surface area contributed by atoms with E-state index in [9.17, 15) is 4.79 Å². The van der Waals surface area contributed by atoms with Gasteiger partial charge in [-0.3, -0.25) is 9.69 Å². The van der Waals surface area contributed by atoms with Gasteiger partial charge in [0.15, 0.2) is 5.76 Å². The smallest absolute Gasteiger partial charge is 0.257 e. The van der Waals surface area contributed by atoms with Crippen LogP contribution in [0, 0.1) is 6.92 Å².